The molecule has 0 spiro atoms. The Hall–Kier alpha value is -0.610. The summed E-state index contributed by atoms with van der Waals surface area (Å²) in [4.78, 5) is 12.2. The van der Waals surface area contributed by atoms with Crippen LogP contribution in [0.4, 0.5) is 0 Å². The van der Waals surface area contributed by atoms with E-state index in [1.54, 1.807) is 0 Å². The SMILES string of the molecule is CCCC1(C(=O)OCC2CCOC2)CCNC1. The zero-order chi connectivity index (χ0) is 12.1. The molecule has 0 aromatic heterocycles. The zero-order valence-corrected chi connectivity index (χ0v) is 10.7. The fourth-order valence-corrected chi connectivity index (χ4v) is 2.77. The smallest absolute Gasteiger partial charge is 0.313 e. The zero-order valence-electron chi connectivity index (χ0n) is 10.7. The fraction of sp³-hybridized carbons (Fsp3) is 0.923. The van der Waals surface area contributed by atoms with Crippen molar-refractivity contribution in [3.63, 3.8) is 0 Å². The van der Waals surface area contributed by atoms with Gasteiger partial charge < -0.3 is 14.8 Å². The first-order valence-corrected chi connectivity index (χ1v) is 6.72. The minimum Gasteiger partial charge on any atom is -0.465 e. The van der Waals surface area contributed by atoms with E-state index in [0.29, 0.717) is 12.5 Å². The summed E-state index contributed by atoms with van der Waals surface area (Å²) in [6.07, 6.45) is 3.90. The van der Waals surface area contributed by atoms with Crippen molar-refractivity contribution in [2.45, 2.75) is 32.6 Å². The van der Waals surface area contributed by atoms with E-state index in [0.717, 1.165) is 52.0 Å². The lowest BCUT2D eigenvalue weighted by Crippen LogP contribution is -2.36. The average molecular weight is 241 g/mol. The molecule has 4 heteroatoms. The summed E-state index contributed by atoms with van der Waals surface area (Å²) < 4.78 is 10.8. The number of nitrogens with one attached hydrogen (secondary N) is 1. The minimum atomic E-state index is -0.256. The Morgan fingerprint density at radius 3 is 3.06 bits per heavy atom. The Kier molecular flexibility index (Phi) is 4.40. The number of hydrogen-bond donors (Lipinski definition) is 1. The second-order valence-corrected chi connectivity index (χ2v) is 5.29. The largest absolute Gasteiger partial charge is 0.465 e. The van der Waals surface area contributed by atoms with Gasteiger partial charge in [-0.25, -0.2) is 0 Å². The summed E-state index contributed by atoms with van der Waals surface area (Å²) in [7, 11) is 0. The Morgan fingerprint density at radius 1 is 1.59 bits per heavy atom. The predicted octanol–water partition coefficient (Wildman–Crippen LogP) is 1.35. The molecule has 0 saturated carbocycles. The van der Waals surface area contributed by atoms with Crippen molar-refractivity contribution >= 4 is 5.97 Å². The van der Waals surface area contributed by atoms with Crippen molar-refractivity contribution < 1.29 is 14.3 Å². The van der Waals surface area contributed by atoms with Gasteiger partial charge in [0.25, 0.3) is 0 Å². The highest BCUT2D eigenvalue weighted by Gasteiger charge is 2.42. The molecule has 0 bridgehead atoms. The van der Waals surface area contributed by atoms with Gasteiger partial charge in [0.2, 0.25) is 0 Å². The van der Waals surface area contributed by atoms with Gasteiger partial charge in [0.1, 0.15) is 0 Å². The van der Waals surface area contributed by atoms with Crippen LogP contribution in [0, 0.1) is 11.3 Å². The Balaban J connectivity index is 1.83. The molecule has 4 nitrogen and oxygen atoms in total. The third-order valence-electron chi connectivity index (χ3n) is 3.88. The molecule has 2 fully saturated rings. The summed E-state index contributed by atoms with van der Waals surface area (Å²) in [5, 5.41) is 3.28. The van der Waals surface area contributed by atoms with E-state index in [1.807, 2.05) is 0 Å². The van der Waals surface area contributed by atoms with E-state index in [4.69, 9.17) is 9.47 Å². The molecule has 98 valence electrons. The van der Waals surface area contributed by atoms with Gasteiger partial charge in [-0.3, -0.25) is 4.79 Å². The molecule has 2 atom stereocenters. The van der Waals surface area contributed by atoms with Crippen LogP contribution in [0.3, 0.4) is 0 Å². The monoisotopic (exact) mass is 241 g/mol. The Labute approximate surface area is 103 Å². The van der Waals surface area contributed by atoms with E-state index in [1.165, 1.54) is 0 Å². The van der Waals surface area contributed by atoms with Crippen molar-refractivity contribution in [2.24, 2.45) is 11.3 Å². The first-order valence-electron chi connectivity index (χ1n) is 6.72. The lowest BCUT2D eigenvalue weighted by molar-refractivity contribution is -0.156. The van der Waals surface area contributed by atoms with Crippen molar-refractivity contribution in [3.8, 4) is 0 Å². The van der Waals surface area contributed by atoms with Gasteiger partial charge in [0.05, 0.1) is 18.6 Å². The summed E-state index contributed by atoms with van der Waals surface area (Å²) >= 11 is 0. The highest BCUT2D eigenvalue weighted by Crippen LogP contribution is 2.32. The molecule has 2 aliphatic rings. The number of rotatable bonds is 5. The fourth-order valence-electron chi connectivity index (χ4n) is 2.77. The minimum absolute atomic E-state index is 0.00347. The molecule has 2 saturated heterocycles. The molecular formula is C13H23NO3. The maximum Gasteiger partial charge on any atom is 0.313 e. The molecule has 0 aromatic carbocycles. The summed E-state index contributed by atoms with van der Waals surface area (Å²) in [6, 6.07) is 0. The lowest BCUT2D eigenvalue weighted by Gasteiger charge is -2.25. The number of esters is 1. The molecule has 0 amide bonds. The molecule has 2 rings (SSSR count). The number of carbonyl (C=O) groups is 1. The Morgan fingerprint density at radius 2 is 2.47 bits per heavy atom. The van der Waals surface area contributed by atoms with Crippen molar-refractivity contribution in [1.82, 2.24) is 5.32 Å². The van der Waals surface area contributed by atoms with Gasteiger partial charge in [-0.05, 0) is 25.8 Å². The van der Waals surface area contributed by atoms with Crippen LogP contribution in [0.25, 0.3) is 0 Å². The van der Waals surface area contributed by atoms with Crippen molar-refractivity contribution in [1.29, 1.82) is 0 Å². The highest BCUT2D eigenvalue weighted by molar-refractivity contribution is 5.77. The van der Waals surface area contributed by atoms with E-state index in [2.05, 4.69) is 12.2 Å². The first-order chi connectivity index (χ1) is 8.27. The van der Waals surface area contributed by atoms with Gasteiger partial charge in [-0.15, -0.1) is 0 Å². The lowest BCUT2D eigenvalue weighted by atomic mass is 9.82. The summed E-state index contributed by atoms with van der Waals surface area (Å²) in [6.45, 7) is 5.92. The van der Waals surface area contributed by atoms with Crippen LogP contribution in [0.15, 0.2) is 0 Å². The van der Waals surface area contributed by atoms with Crippen LogP contribution in [-0.4, -0.2) is 38.9 Å². The van der Waals surface area contributed by atoms with Gasteiger partial charge in [0.15, 0.2) is 0 Å². The van der Waals surface area contributed by atoms with E-state index >= 15 is 0 Å². The molecule has 0 aromatic rings. The molecule has 2 heterocycles. The van der Waals surface area contributed by atoms with Gasteiger partial charge in [-0.1, -0.05) is 13.3 Å². The van der Waals surface area contributed by atoms with Crippen LogP contribution in [0.2, 0.25) is 0 Å². The standard InChI is InChI=1S/C13H23NO3/c1-2-4-13(5-6-14-10-13)12(15)17-9-11-3-7-16-8-11/h11,14H,2-10H2,1H3. The van der Waals surface area contributed by atoms with E-state index in [9.17, 15) is 4.79 Å². The maximum atomic E-state index is 12.2. The van der Waals surface area contributed by atoms with Gasteiger partial charge >= 0.3 is 5.97 Å². The van der Waals surface area contributed by atoms with Gasteiger partial charge in [-0.2, -0.15) is 0 Å². The van der Waals surface area contributed by atoms with Crippen molar-refractivity contribution in [3.05, 3.63) is 0 Å². The second kappa shape index (κ2) is 5.83. The third kappa shape index (κ3) is 2.99. The van der Waals surface area contributed by atoms with E-state index < -0.39 is 0 Å². The summed E-state index contributed by atoms with van der Waals surface area (Å²) in [5.41, 5.74) is -0.256. The van der Waals surface area contributed by atoms with Gasteiger partial charge in [0, 0.05) is 19.1 Å². The topological polar surface area (TPSA) is 47.6 Å². The van der Waals surface area contributed by atoms with Crippen LogP contribution in [-0.2, 0) is 14.3 Å². The normalized spacial score (nSPS) is 32.9. The molecular weight excluding hydrogens is 218 g/mol. The first kappa shape index (κ1) is 12.8. The molecule has 0 aliphatic carbocycles. The van der Waals surface area contributed by atoms with Crippen LogP contribution in [0.1, 0.15) is 32.6 Å². The summed E-state index contributed by atoms with van der Waals surface area (Å²) in [5.74, 6) is 0.406. The van der Waals surface area contributed by atoms with Crippen LogP contribution in [0.5, 0.6) is 0 Å². The maximum absolute atomic E-state index is 12.2. The number of hydrogen-bond acceptors (Lipinski definition) is 4. The molecule has 17 heavy (non-hydrogen) atoms. The molecule has 2 aliphatic heterocycles. The van der Waals surface area contributed by atoms with Crippen LogP contribution >= 0.6 is 0 Å². The number of ether oxygens (including phenoxy) is 2. The second-order valence-electron chi connectivity index (χ2n) is 5.29. The molecule has 2 unspecified atom stereocenters. The van der Waals surface area contributed by atoms with E-state index in [-0.39, 0.29) is 11.4 Å². The highest BCUT2D eigenvalue weighted by atomic mass is 16.5. The predicted molar refractivity (Wildman–Crippen MR) is 64.7 cm³/mol. The van der Waals surface area contributed by atoms with Crippen molar-refractivity contribution in [2.75, 3.05) is 32.9 Å². The molecule has 1 N–H and O–H groups in total. The van der Waals surface area contributed by atoms with Crippen LogP contribution < -0.4 is 5.32 Å². The number of carbonyl (C=O) groups excluding carboxylic acids is 1. The Bertz CT molecular complexity index is 255. The quantitative estimate of drug-likeness (QED) is 0.738. The average Bonchev–Trinajstić information content (AvgIpc) is 2.97. The third-order valence-corrected chi connectivity index (χ3v) is 3.88. The molecule has 0 radical (unpaired) electrons.